The third kappa shape index (κ3) is 4.14. The molecule has 1 aromatic carbocycles. The highest BCUT2D eigenvalue weighted by molar-refractivity contribution is 5.40. The molecule has 0 aromatic heterocycles. The standard InChI is InChI=1S/C12H18F2N2/c1-9(2)16(8-12(13)14)7-10-4-3-5-11(15)6-10/h3-6,9,12H,7-8,15H2,1-2H3. The number of alkyl halides is 2. The highest BCUT2D eigenvalue weighted by atomic mass is 19.3. The summed E-state index contributed by atoms with van der Waals surface area (Å²) >= 11 is 0. The van der Waals surface area contributed by atoms with Crippen molar-refractivity contribution in [1.29, 1.82) is 0 Å². The Morgan fingerprint density at radius 1 is 1.31 bits per heavy atom. The first kappa shape index (κ1) is 12.9. The number of nitrogen functional groups attached to an aromatic ring is 1. The van der Waals surface area contributed by atoms with Crippen LogP contribution in [0.25, 0.3) is 0 Å². The van der Waals surface area contributed by atoms with Crippen molar-refractivity contribution in [2.45, 2.75) is 32.9 Å². The van der Waals surface area contributed by atoms with Gasteiger partial charge in [-0.05, 0) is 31.5 Å². The third-order valence-corrected chi connectivity index (χ3v) is 2.44. The zero-order valence-electron chi connectivity index (χ0n) is 9.66. The maximum Gasteiger partial charge on any atom is 0.251 e. The summed E-state index contributed by atoms with van der Waals surface area (Å²) in [6.45, 7) is 4.13. The summed E-state index contributed by atoms with van der Waals surface area (Å²) in [4.78, 5) is 1.74. The molecule has 2 nitrogen and oxygen atoms in total. The van der Waals surface area contributed by atoms with Gasteiger partial charge in [-0.25, -0.2) is 8.78 Å². The molecule has 0 unspecified atom stereocenters. The molecule has 0 fully saturated rings. The fourth-order valence-corrected chi connectivity index (χ4v) is 1.56. The topological polar surface area (TPSA) is 29.3 Å². The Balaban J connectivity index is 2.68. The summed E-state index contributed by atoms with van der Waals surface area (Å²) in [6.07, 6.45) is -2.30. The summed E-state index contributed by atoms with van der Waals surface area (Å²) in [5.74, 6) is 0. The van der Waals surface area contributed by atoms with Gasteiger partial charge in [0.05, 0.1) is 6.54 Å². The summed E-state index contributed by atoms with van der Waals surface area (Å²) < 4.78 is 24.7. The van der Waals surface area contributed by atoms with Gasteiger partial charge in [0.25, 0.3) is 6.43 Å². The molecule has 0 aliphatic rings. The second kappa shape index (κ2) is 5.80. The molecule has 4 heteroatoms. The van der Waals surface area contributed by atoms with Gasteiger partial charge < -0.3 is 5.73 Å². The first-order valence-corrected chi connectivity index (χ1v) is 5.35. The van der Waals surface area contributed by atoms with Crippen LogP contribution in [0.15, 0.2) is 24.3 Å². The molecule has 2 N–H and O–H groups in total. The van der Waals surface area contributed by atoms with Crippen LogP contribution in [-0.4, -0.2) is 23.9 Å². The van der Waals surface area contributed by atoms with E-state index in [1.807, 2.05) is 32.0 Å². The van der Waals surface area contributed by atoms with Crippen molar-refractivity contribution in [3.63, 3.8) is 0 Å². The molecule has 0 heterocycles. The van der Waals surface area contributed by atoms with Crippen molar-refractivity contribution in [3.8, 4) is 0 Å². The number of hydrogen-bond donors (Lipinski definition) is 1. The Morgan fingerprint density at radius 3 is 2.50 bits per heavy atom. The van der Waals surface area contributed by atoms with Gasteiger partial charge in [0.15, 0.2) is 0 Å². The molecule has 16 heavy (non-hydrogen) atoms. The van der Waals surface area contributed by atoms with E-state index in [0.29, 0.717) is 12.2 Å². The summed E-state index contributed by atoms with van der Waals surface area (Å²) in [5.41, 5.74) is 7.28. The van der Waals surface area contributed by atoms with E-state index < -0.39 is 6.43 Å². The van der Waals surface area contributed by atoms with Crippen molar-refractivity contribution in [2.75, 3.05) is 12.3 Å². The van der Waals surface area contributed by atoms with Crippen molar-refractivity contribution < 1.29 is 8.78 Å². The van der Waals surface area contributed by atoms with Gasteiger partial charge in [-0.2, -0.15) is 0 Å². The number of nitrogens with two attached hydrogens (primary N) is 1. The number of hydrogen-bond acceptors (Lipinski definition) is 2. The van der Waals surface area contributed by atoms with Crippen LogP contribution < -0.4 is 5.73 Å². The number of halogens is 2. The van der Waals surface area contributed by atoms with Crippen LogP contribution in [0.1, 0.15) is 19.4 Å². The van der Waals surface area contributed by atoms with Crippen molar-refractivity contribution in [3.05, 3.63) is 29.8 Å². The Bertz CT molecular complexity index is 327. The monoisotopic (exact) mass is 228 g/mol. The van der Waals surface area contributed by atoms with Crippen LogP contribution in [0.5, 0.6) is 0 Å². The Kier molecular flexibility index (Phi) is 4.68. The zero-order valence-corrected chi connectivity index (χ0v) is 9.66. The van der Waals surface area contributed by atoms with Gasteiger partial charge in [0.1, 0.15) is 0 Å². The number of anilines is 1. The minimum atomic E-state index is -2.30. The van der Waals surface area contributed by atoms with Gasteiger partial charge in [-0.15, -0.1) is 0 Å². The quantitative estimate of drug-likeness (QED) is 0.785. The Morgan fingerprint density at radius 2 is 2.00 bits per heavy atom. The van der Waals surface area contributed by atoms with E-state index in [-0.39, 0.29) is 12.6 Å². The van der Waals surface area contributed by atoms with Gasteiger partial charge in [-0.1, -0.05) is 12.1 Å². The fourth-order valence-electron chi connectivity index (χ4n) is 1.56. The zero-order chi connectivity index (χ0) is 12.1. The van der Waals surface area contributed by atoms with E-state index >= 15 is 0 Å². The Hall–Kier alpha value is -1.16. The maximum absolute atomic E-state index is 12.4. The first-order valence-electron chi connectivity index (χ1n) is 5.35. The molecule has 0 aliphatic carbocycles. The minimum absolute atomic E-state index is 0.0930. The summed E-state index contributed by atoms with van der Waals surface area (Å²) in [7, 11) is 0. The largest absolute Gasteiger partial charge is 0.399 e. The van der Waals surface area contributed by atoms with Crippen LogP contribution in [0.3, 0.4) is 0 Å². The van der Waals surface area contributed by atoms with Crippen molar-refractivity contribution in [2.24, 2.45) is 0 Å². The molecule has 0 saturated heterocycles. The normalized spacial score (nSPS) is 11.7. The lowest BCUT2D eigenvalue weighted by atomic mass is 10.1. The minimum Gasteiger partial charge on any atom is -0.399 e. The van der Waals surface area contributed by atoms with Crippen molar-refractivity contribution in [1.82, 2.24) is 4.90 Å². The summed E-state index contributed by atoms with van der Waals surface area (Å²) in [6, 6.07) is 7.44. The molecule has 90 valence electrons. The maximum atomic E-state index is 12.4. The van der Waals surface area contributed by atoms with E-state index in [9.17, 15) is 8.78 Å². The molecule has 1 aromatic rings. The molecule has 0 saturated carbocycles. The summed E-state index contributed by atoms with van der Waals surface area (Å²) in [5, 5.41) is 0. The SMILES string of the molecule is CC(C)N(Cc1cccc(N)c1)CC(F)F. The molecule has 0 aliphatic heterocycles. The van der Waals surface area contributed by atoms with Gasteiger partial charge in [0.2, 0.25) is 0 Å². The van der Waals surface area contributed by atoms with Crippen LogP contribution >= 0.6 is 0 Å². The van der Waals surface area contributed by atoms with Gasteiger partial charge in [-0.3, -0.25) is 4.90 Å². The van der Waals surface area contributed by atoms with Gasteiger partial charge in [0, 0.05) is 18.3 Å². The van der Waals surface area contributed by atoms with E-state index in [1.54, 1.807) is 11.0 Å². The smallest absolute Gasteiger partial charge is 0.251 e. The van der Waals surface area contributed by atoms with Crippen molar-refractivity contribution >= 4 is 5.69 Å². The first-order chi connectivity index (χ1) is 7.49. The molecular weight excluding hydrogens is 210 g/mol. The van der Waals surface area contributed by atoms with Crippen LogP contribution in [0.2, 0.25) is 0 Å². The third-order valence-electron chi connectivity index (χ3n) is 2.44. The predicted octanol–water partition coefficient (Wildman–Crippen LogP) is 2.74. The molecule has 0 atom stereocenters. The second-order valence-corrected chi connectivity index (χ2v) is 4.16. The van der Waals surface area contributed by atoms with Crippen LogP contribution in [0, 0.1) is 0 Å². The van der Waals surface area contributed by atoms with E-state index in [1.165, 1.54) is 0 Å². The average molecular weight is 228 g/mol. The van der Waals surface area contributed by atoms with Gasteiger partial charge >= 0.3 is 0 Å². The molecular formula is C12H18F2N2. The lowest BCUT2D eigenvalue weighted by Crippen LogP contribution is -2.34. The number of benzene rings is 1. The molecule has 0 amide bonds. The molecule has 0 radical (unpaired) electrons. The van der Waals surface area contributed by atoms with Crippen LogP contribution in [-0.2, 0) is 6.54 Å². The molecule has 0 spiro atoms. The highest BCUT2D eigenvalue weighted by Gasteiger charge is 2.15. The molecule has 1 rings (SSSR count). The average Bonchev–Trinajstić information content (AvgIpc) is 2.15. The molecule has 0 bridgehead atoms. The number of nitrogens with zero attached hydrogens (tertiary/aromatic N) is 1. The lowest BCUT2D eigenvalue weighted by molar-refractivity contribution is 0.0690. The van der Waals surface area contributed by atoms with E-state index in [0.717, 1.165) is 5.56 Å². The highest BCUT2D eigenvalue weighted by Crippen LogP contribution is 2.13. The van der Waals surface area contributed by atoms with E-state index in [4.69, 9.17) is 5.73 Å². The van der Waals surface area contributed by atoms with E-state index in [2.05, 4.69) is 0 Å². The predicted molar refractivity (Wildman–Crippen MR) is 62.4 cm³/mol. The lowest BCUT2D eigenvalue weighted by Gasteiger charge is -2.26. The van der Waals surface area contributed by atoms with Crippen LogP contribution in [0.4, 0.5) is 14.5 Å². The Labute approximate surface area is 95.1 Å². The second-order valence-electron chi connectivity index (χ2n) is 4.16. The fraction of sp³-hybridized carbons (Fsp3) is 0.500. The number of rotatable bonds is 5.